The minimum atomic E-state index is -4.50. The molecule has 0 unspecified atom stereocenters. The van der Waals surface area contributed by atoms with Crippen LogP contribution in [0.1, 0.15) is 44.4 Å². The fraction of sp³-hybridized carbons (Fsp3) is 0.476. The van der Waals surface area contributed by atoms with Crippen LogP contribution in [0.25, 0.3) is 0 Å². The van der Waals surface area contributed by atoms with Gasteiger partial charge in [0.1, 0.15) is 5.82 Å². The number of nitrogens with one attached hydrogen (secondary N) is 2. The summed E-state index contributed by atoms with van der Waals surface area (Å²) in [7, 11) is 0. The quantitative estimate of drug-likeness (QED) is 0.520. The fourth-order valence-corrected chi connectivity index (χ4v) is 3.58. The first-order valence-corrected chi connectivity index (χ1v) is 10.3. The summed E-state index contributed by atoms with van der Waals surface area (Å²) in [6, 6.07) is 5.23. The molecule has 0 spiro atoms. The Morgan fingerprint density at radius 1 is 1.25 bits per heavy atom. The maximum Gasteiger partial charge on any atom is 0.416 e. The van der Waals surface area contributed by atoms with Gasteiger partial charge in [0.15, 0.2) is 0 Å². The molecule has 1 fully saturated rings. The Bertz CT molecular complexity index is 940. The molecule has 0 aliphatic carbocycles. The fourth-order valence-electron chi connectivity index (χ4n) is 3.58. The number of amides is 1. The van der Waals surface area contributed by atoms with Gasteiger partial charge in [-0.1, -0.05) is 13.3 Å². The van der Waals surface area contributed by atoms with Crippen LogP contribution >= 0.6 is 12.4 Å². The number of benzene rings is 1. The van der Waals surface area contributed by atoms with Crippen molar-refractivity contribution in [2.45, 2.75) is 51.7 Å². The first-order valence-electron chi connectivity index (χ1n) is 10.3. The third kappa shape index (κ3) is 6.88. The lowest BCUT2D eigenvalue weighted by Crippen LogP contribution is -2.35. The van der Waals surface area contributed by atoms with E-state index in [-0.39, 0.29) is 41.7 Å². The molecule has 1 aliphatic rings. The molecular weight excluding hydrogens is 445 g/mol. The summed E-state index contributed by atoms with van der Waals surface area (Å²) >= 11 is 0. The molecule has 4 N–H and O–H groups in total. The Balaban J connectivity index is 0.00000363. The zero-order valence-corrected chi connectivity index (χ0v) is 18.8. The van der Waals surface area contributed by atoms with Crippen LogP contribution in [-0.2, 0) is 17.4 Å². The van der Waals surface area contributed by atoms with Crippen LogP contribution in [0.5, 0.6) is 0 Å². The third-order valence-electron chi connectivity index (χ3n) is 5.01. The van der Waals surface area contributed by atoms with Crippen LogP contribution in [0.3, 0.4) is 0 Å². The Kier molecular flexibility index (Phi) is 8.54. The molecule has 11 heteroatoms. The van der Waals surface area contributed by atoms with E-state index in [1.54, 1.807) is 0 Å². The number of aryl methyl sites for hydroxylation is 1. The van der Waals surface area contributed by atoms with E-state index in [0.29, 0.717) is 18.9 Å². The number of aromatic nitrogens is 2. The molecule has 0 radical (unpaired) electrons. The second kappa shape index (κ2) is 10.7. The predicted molar refractivity (Wildman–Crippen MR) is 121 cm³/mol. The molecule has 2 heterocycles. The Labute approximate surface area is 191 Å². The highest BCUT2D eigenvalue weighted by Gasteiger charge is 2.31. The van der Waals surface area contributed by atoms with E-state index in [1.165, 1.54) is 13.0 Å². The number of nitrogens with zero attached hydrogens (tertiary/aromatic N) is 3. The van der Waals surface area contributed by atoms with Gasteiger partial charge in [-0.2, -0.15) is 18.2 Å². The van der Waals surface area contributed by atoms with Crippen LogP contribution in [0.2, 0.25) is 0 Å². The maximum absolute atomic E-state index is 13.1. The number of nitrogens with two attached hydrogens (primary N) is 1. The highest BCUT2D eigenvalue weighted by atomic mass is 35.5. The highest BCUT2D eigenvalue weighted by molar-refractivity contribution is 5.85. The number of carbonyl (C=O) groups excluding carboxylic acids is 1. The molecule has 1 aromatic carbocycles. The first kappa shape index (κ1) is 25.5. The van der Waals surface area contributed by atoms with E-state index in [0.717, 1.165) is 43.5 Å². The van der Waals surface area contributed by atoms with Gasteiger partial charge in [0, 0.05) is 49.2 Å². The number of hydrogen-bond donors (Lipinski definition) is 3. The van der Waals surface area contributed by atoms with E-state index in [2.05, 4.69) is 27.5 Å². The largest absolute Gasteiger partial charge is 0.416 e. The Hall–Kier alpha value is -2.75. The monoisotopic (exact) mass is 472 g/mol. The summed E-state index contributed by atoms with van der Waals surface area (Å²) in [4.78, 5) is 22.4. The summed E-state index contributed by atoms with van der Waals surface area (Å²) in [6.07, 6.45) is -1.06. The van der Waals surface area contributed by atoms with Gasteiger partial charge >= 0.3 is 6.18 Å². The van der Waals surface area contributed by atoms with Crippen LogP contribution in [0.4, 0.5) is 36.3 Å². The maximum atomic E-state index is 13.1. The molecule has 2 aromatic rings. The Morgan fingerprint density at radius 2 is 2.00 bits per heavy atom. The number of alkyl halides is 3. The van der Waals surface area contributed by atoms with E-state index in [1.807, 2.05) is 11.0 Å². The minimum absolute atomic E-state index is 0. The molecule has 7 nitrogen and oxygen atoms in total. The van der Waals surface area contributed by atoms with Crippen LogP contribution in [0, 0.1) is 0 Å². The first-order chi connectivity index (χ1) is 14.6. The van der Waals surface area contributed by atoms with E-state index >= 15 is 0 Å². The second-order valence-electron chi connectivity index (χ2n) is 7.74. The predicted octanol–water partition coefficient (Wildman–Crippen LogP) is 4.30. The minimum Gasteiger partial charge on any atom is -0.399 e. The lowest BCUT2D eigenvalue weighted by atomic mass is 10.1. The molecule has 176 valence electrons. The number of carbonyl (C=O) groups is 1. The van der Waals surface area contributed by atoms with Gasteiger partial charge in [0.05, 0.1) is 5.56 Å². The number of rotatable bonds is 7. The van der Waals surface area contributed by atoms with Crippen molar-refractivity contribution >= 4 is 41.5 Å². The van der Waals surface area contributed by atoms with Crippen molar-refractivity contribution in [3.05, 3.63) is 35.5 Å². The topological polar surface area (TPSA) is 96.2 Å². The van der Waals surface area contributed by atoms with Gasteiger partial charge in [0.2, 0.25) is 11.9 Å². The molecule has 32 heavy (non-hydrogen) atoms. The molecule has 1 saturated heterocycles. The van der Waals surface area contributed by atoms with Crippen molar-refractivity contribution in [3.63, 3.8) is 0 Å². The van der Waals surface area contributed by atoms with E-state index in [9.17, 15) is 18.0 Å². The molecule has 0 bridgehead atoms. The van der Waals surface area contributed by atoms with Crippen molar-refractivity contribution in [3.8, 4) is 0 Å². The lowest BCUT2D eigenvalue weighted by molar-refractivity contribution is -0.137. The van der Waals surface area contributed by atoms with Crippen LogP contribution < -0.4 is 21.3 Å². The molecule has 1 aromatic heterocycles. The SMILES string of the molecule is CCCCc1cc(N2CC[C@H](NC(C)=O)C2)nc(Nc2cc(N)cc(C(F)(F)F)c2)n1.Cl. The van der Waals surface area contributed by atoms with Crippen molar-refractivity contribution in [1.82, 2.24) is 15.3 Å². The van der Waals surface area contributed by atoms with Crippen molar-refractivity contribution < 1.29 is 18.0 Å². The molecular formula is C21H28ClF3N6O. The van der Waals surface area contributed by atoms with Gasteiger partial charge in [-0.3, -0.25) is 4.79 Å². The molecule has 1 atom stereocenters. The molecule has 1 aliphatic heterocycles. The second-order valence-corrected chi connectivity index (χ2v) is 7.74. The van der Waals surface area contributed by atoms with Gasteiger partial charge in [-0.15, -0.1) is 12.4 Å². The van der Waals surface area contributed by atoms with Crippen LogP contribution in [-0.4, -0.2) is 35.0 Å². The summed E-state index contributed by atoms with van der Waals surface area (Å²) in [5.41, 5.74) is 5.80. The Morgan fingerprint density at radius 3 is 2.66 bits per heavy atom. The van der Waals surface area contributed by atoms with Crippen molar-refractivity contribution in [2.75, 3.05) is 29.0 Å². The zero-order chi connectivity index (χ0) is 22.6. The van der Waals surface area contributed by atoms with Gasteiger partial charge in [-0.05, 0) is 37.5 Å². The van der Waals surface area contributed by atoms with Gasteiger partial charge in [-0.25, -0.2) is 4.98 Å². The van der Waals surface area contributed by atoms with Gasteiger partial charge in [0.25, 0.3) is 0 Å². The molecule has 3 rings (SSSR count). The number of anilines is 4. The van der Waals surface area contributed by atoms with Crippen molar-refractivity contribution in [2.24, 2.45) is 0 Å². The standard InChI is InChI=1S/C21H27F3N6O.ClH/c1-3-4-5-16-11-19(30-7-6-17(12-30)26-13(2)31)29-20(27-16)28-18-9-14(21(22,23)24)8-15(25)10-18;/h8-11,17H,3-7,12,25H2,1-2H3,(H,26,31)(H,27,28,29);1H/t17-;/m0./s1. The van der Waals surface area contributed by atoms with Crippen molar-refractivity contribution in [1.29, 1.82) is 0 Å². The summed E-state index contributed by atoms with van der Waals surface area (Å²) in [5, 5.41) is 5.79. The lowest BCUT2D eigenvalue weighted by Gasteiger charge is -2.20. The summed E-state index contributed by atoms with van der Waals surface area (Å²) in [5.74, 6) is 0.810. The smallest absolute Gasteiger partial charge is 0.399 e. The normalized spacial score (nSPS) is 15.9. The van der Waals surface area contributed by atoms with E-state index in [4.69, 9.17) is 5.73 Å². The average molecular weight is 473 g/mol. The molecule has 1 amide bonds. The number of halogens is 4. The number of unbranched alkanes of at least 4 members (excludes halogenated alkanes) is 1. The molecule has 0 saturated carbocycles. The van der Waals surface area contributed by atoms with Gasteiger partial charge < -0.3 is 21.3 Å². The third-order valence-corrected chi connectivity index (χ3v) is 5.01. The zero-order valence-electron chi connectivity index (χ0n) is 18.0. The van der Waals surface area contributed by atoms with E-state index < -0.39 is 11.7 Å². The summed E-state index contributed by atoms with van der Waals surface area (Å²) in [6.45, 7) is 4.88. The number of nitrogen functional groups attached to an aromatic ring is 1. The highest BCUT2D eigenvalue weighted by Crippen LogP contribution is 2.33. The number of hydrogen-bond acceptors (Lipinski definition) is 6. The average Bonchev–Trinajstić information content (AvgIpc) is 3.13. The summed E-state index contributed by atoms with van der Waals surface area (Å²) < 4.78 is 39.4. The van der Waals surface area contributed by atoms with Crippen LogP contribution in [0.15, 0.2) is 24.3 Å².